The highest BCUT2D eigenvalue weighted by atomic mass is 32.2. The second kappa shape index (κ2) is 8.93. The third-order valence-corrected chi connectivity index (χ3v) is 5.39. The van der Waals surface area contributed by atoms with Gasteiger partial charge in [-0.25, -0.2) is 17.9 Å². The molecule has 0 radical (unpaired) electrons. The molecule has 0 aliphatic carbocycles. The molecule has 0 saturated carbocycles. The van der Waals surface area contributed by atoms with Gasteiger partial charge in [-0.15, -0.1) is 0 Å². The summed E-state index contributed by atoms with van der Waals surface area (Å²) in [5.74, 6) is -2.57. The van der Waals surface area contributed by atoms with Gasteiger partial charge in [0.25, 0.3) is 0 Å². The number of rotatable bonds is 7. The number of aliphatic carboxylic acids is 1. The van der Waals surface area contributed by atoms with Crippen LogP contribution in [0.15, 0.2) is 35.2 Å². The summed E-state index contributed by atoms with van der Waals surface area (Å²) in [7, 11) is -3.90. The number of carboxylic acid groups (broad SMARTS) is 1. The van der Waals surface area contributed by atoms with Crippen LogP contribution in [0.25, 0.3) is 0 Å². The number of phenolic OH excluding ortho intramolecular Hbond substituents is 1. The zero-order chi connectivity index (χ0) is 21.8. The standard InChI is InChI=1S/C19H22N2O7S/c1-4-7-20-29(26,27)16-10-14(5-6-15(16)22)28-17-11(2)8-13(9-12(17)3)21-18(23)19(24)25/h5-6,8-10,20,22H,4,7H2,1-3H3,(H,21,23)(H,24,25). The second-order valence-corrected chi connectivity index (χ2v) is 8.06. The zero-order valence-corrected chi connectivity index (χ0v) is 17.0. The van der Waals surface area contributed by atoms with Gasteiger partial charge in [0.1, 0.15) is 22.1 Å². The highest BCUT2D eigenvalue weighted by Gasteiger charge is 2.20. The van der Waals surface area contributed by atoms with Gasteiger partial charge in [-0.05, 0) is 55.7 Å². The molecule has 0 saturated heterocycles. The molecule has 0 atom stereocenters. The summed E-state index contributed by atoms with van der Waals surface area (Å²) in [6.45, 7) is 5.43. The van der Waals surface area contributed by atoms with Crippen LogP contribution in [0.4, 0.5) is 5.69 Å². The Bertz CT molecular complexity index is 1030. The predicted octanol–water partition coefficient (Wildman–Crippen LogP) is 2.51. The van der Waals surface area contributed by atoms with Crippen LogP contribution in [0.2, 0.25) is 0 Å². The number of benzene rings is 2. The minimum Gasteiger partial charge on any atom is -0.507 e. The molecular formula is C19H22N2O7S. The highest BCUT2D eigenvalue weighted by Crippen LogP contribution is 2.34. The number of aryl methyl sites for hydroxylation is 2. The molecule has 2 rings (SSSR count). The van der Waals surface area contributed by atoms with E-state index in [1.807, 2.05) is 6.92 Å². The van der Waals surface area contributed by atoms with Crippen LogP contribution in [-0.2, 0) is 19.6 Å². The Labute approximate surface area is 168 Å². The van der Waals surface area contributed by atoms with Crippen molar-refractivity contribution in [1.82, 2.24) is 4.72 Å². The maximum absolute atomic E-state index is 12.3. The first kappa shape index (κ1) is 22.2. The quantitative estimate of drug-likeness (QED) is 0.502. The molecule has 2 aromatic rings. The van der Waals surface area contributed by atoms with Crippen LogP contribution in [0, 0.1) is 13.8 Å². The van der Waals surface area contributed by atoms with Crippen molar-refractivity contribution in [2.24, 2.45) is 0 Å². The molecule has 4 N–H and O–H groups in total. The molecule has 156 valence electrons. The lowest BCUT2D eigenvalue weighted by Crippen LogP contribution is -2.24. The lowest BCUT2D eigenvalue weighted by atomic mass is 10.1. The van der Waals surface area contributed by atoms with E-state index in [2.05, 4.69) is 10.0 Å². The van der Waals surface area contributed by atoms with Crippen molar-refractivity contribution in [2.45, 2.75) is 32.1 Å². The van der Waals surface area contributed by atoms with E-state index in [9.17, 15) is 23.1 Å². The molecule has 1 amide bonds. The Morgan fingerprint density at radius 3 is 2.28 bits per heavy atom. The smallest absolute Gasteiger partial charge is 0.394 e. The number of hydrogen-bond donors (Lipinski definition) is 4. The molecule has 0 fully saturated rings. The fourth-order valence-electron chi connectivity index (χ4n) is 2.57. The fraction of sp³-hybridized carbons (Fsp3) is 0.263. The van der Waals surface area contributed by atoms with E-state index in [-0.39, 0.29) is 22.9 Å². The van der Waals surface area contributed by atoms with Crippen LogP contribution in [0.5, 0.6) is 17.2 Å². The van der Waals surface area contributed by atoms with Crippen LogP contribution >= 0.6 is 0 Å². The molecule has 9 nitrogen and oxygen atoms in total. The molecule has 29 heavy (non-hydrogen) atoms. The molecule has 0 unspecified atom stereocenters. The number of aromatic hydroxyl groups is 1. The minimum atomic E-state index is -3.90. The van der Waals surface area contributed by atoms with Gasteiger partial charge in [-0.1, -0.05) is 6.92 Å². The number of ether oxygens (including phenoxy) is 1. The highest BCUT2D eigenvalue weighted by molar-refractivity contribution is 7.89. The third-order valence-electron chi connectivity index (χ3n) is 3.90. The van der Waals surface area contributed by atoms with E-state index in [4.69, 9.17) is 9.84 Å². The maximum atomic E-state index is 12.3. The monoisotopic (exact) mass is 422 g/mol. The number of anilines is 1. The van der Waals surface area contributed by atoms with E-state index in [0.29, 0.717) is 23.3 Å². The van der Waals surface area contributed by atoms with Crippen molar-refractivity contribution in [3.8, 4) is 17.2 Å². The van der Waals surface area contributed by atoms with Crippen LogP contribution in [-0.4, -0.2) is 37.1 Å². The summed E-state index contributed by atoms with van der Waals surface area (Å²) in [6.07, 6.45) is 0.597. The number of amides is 1. The molecule has 0 aliphatic rings. The van der Waals surface area contributed by atoms with Crippen LogP contribution in [0.1, 0.15) is 24.5 Å². The largest absolute Gasteiger partial charge is 0.507 e. The lowest BCUT2D eigenvalue weighted by molar-refractivity contribution is -0.147. The summed E-state index contributed by atoms with van der Waals surface area (Å²) in [5.41, 5.74) is 1.47. The Kier molecular flexibility index (Phi) is 6.83. The number of sulfonamides is 1. The maximum Gasteiger partial charge on any atom is 0.394 e. The van der Waals surface area contributed by atoms with Gasteiger partial charge in [0.2, 0.25) is 10.0 Å². The SMILES string of the molecule is CCCNS(=O)(=O)c1cc(Oc2c(C)cc(NC(=O)C(=O)O)cc2C)ccc1O. The van der Waals surface area contributed by atoms with Crippen molar-refractivity contribution in [3.05, 3.63) is 41.5 Å². The molecule has 0 aromatic heterocycles. The van der Waals surface area contributed by atoms with Crippen molar-refractivity contribution < 1.29 is 33.0 Å². The summed E-state index contributed by atoms with van der Waals surface area (Å²) < 4.78 is 32.9. The van der Waals surface area contributed by atoms with Gasteiger partial charge < -0.3 is 20.3 Å². The van der Waals surface area contributed by atoms with Crippen LogP contribution in [0.3, 0.4) is 0 Å². The Balaban J connectivity index is 2.34. The first-order valence-electron chi connectivity index (χ1n) is 8.71. The summed E-state index contributed by atoms with van der Waals surface area (Å²) >= 11 is 0. The number of carbonyl (C=O) groups is 2. The van der Waals surface area contributed by atoms with Crippen molar-refractivity contribution in [2.75, 3.05) is 11.9 Å². The van der Waals surface area contributed by atoms with E-state index in [1.54, 1.807) is 13.8 Å². The van der Waals surface area contributed by atoms with E-state index in [1.165, 1.54) is 30.3 Å². The molecule has 10 heteroatoms. The van der Waals surface area contributed by atoms with E-state index >= 15 is 0 Å². The van der Waals surface area contributed by atoms with Gasteiger partial charge in [0.05, 0.1) is 0 Å². The summed E-state index contributed by atoms with van der Waals surface area (Å²) in [6, 6.07) is 6.93. The number of phenols is 1. The van der Waals surface area contributed by atoms with Gasteiger partial charge in [0.15, 0.2) is 0 Å². The Hall–Kier alpha value is -3.11. The fourth-order valence-corrected chi connectivity index (χ4v) is 3.82. The normalized spacial score (nSPS) is 11.1. The molecule has 0 bridgehead atoms. The molecule has 0 spiro atoms. The summed E-state index contributed by atoms with van der Waals surface area (Å²) in [4.78, 5) is 21.7. The third kappa shape index (κ3) is 5.46. The average molecular weight is 422 g/mol. The van der Waals surface area contributed by atoms with Crippen molar-refractivity contribution in [1.29, 1.82) is 0 Å². The molecule has 0 heterocycles. The topological polar surface area (TPSA) is 142 Å². The Morgan fingerprint density at radius 1 is 1.10 bits per heavy atom. The lowest BCUT2D eigenvalue weighted by Gasteiger charge is -2.15. The average Bonchev–Trinajstić information content (AvgIpc) is 2.64. The predicted molar refractivity (Wildman–Crippen MR) is 106 cm³/mol. The number of carbonyl (C=O) groups excluding carboxylic acids is 1. The molecule has 0 aliphatic heterocycles. The van der Waals surface area contributed by atoms with Gasteiger partial charge in [-0.2, -0.15) is 0 Å². The molecule has 2 aromatic carbocycles. The number of carboxylic acids is 1. The number of nitrogens with one attached hydrogen (secondary N) is 2. The van der Waals surface area contributed by atoms with E-state index < -0.39 is 27.6 Å². The van der Waals surface area contributed by atoms with Gasteiger partial charge >= 0.3 is 11.9 Å². The van der Waals surface area contributed by atoms with Gasteiger partial charge in [-0.3, -0.25) is 4.79 Å². The molecular weight excluding hydrogens is 400 g/mol. The van der Waals surface area contributed by atoms with Crippen molar-refractivity contribution >= 4 is 27.6 Å². The minimum absolute atomic E-state index is 0.188. The first-order chi connectivity index (χ1) is 13.5. The Morgan fingerprint density at radius 2 is 1.72 bits per heavy atom. The van der Waals surface area contributed by atoms with Crippen molar-refractivity contribution in [3.63, 3.8) is 0 Å². The zero-order valence-electron chi connectivity index (χ0n) is 16.1. The number of hydrogen-bond acceptors (Lipinski definition) is 6. The van der Waals surface area contributed by atoms with Gasteiger partial charge in [0, 0.05) is 18.3 Å². The van der Waals surface area contributed by atoms with Crippen LogP contribution < -0.4 is 14.8 Å². The summed E-state index contributed by atoms with van der Waals surface area (Å²) in [5, 5.41) is 20.9. The second-order valence-electron chi connectivity index (χ2n) is 6.33. The first-order valence-corrected chi connectivity index (χ1v) is 10.2. The van der Waals surface area contributed by atoms with E-state index in [0.717, 1.165) is 0 Å².